The van der Waals surface area contributed by atoms with Gasteiger partial charge in [0.25, 0.3) is 0 Å². The van der Waals surface area contributed by atoms with Gasteiger partial charge in [0.05, 0.1) is 6.61 Å². The number of hydrogen-bond donors (Lipinski definition) is 1. The van der Waals surface area contributed by atoms with Crippen LogP contribution < -0.4 is 0 Å². The zero-order chi connectivity index (χ0) is 17.8. The molecule has 0 aliphatic carbocycles. The summed E-state index contributed by atoms with van der Waals surface area (Å²) in [5.74, 6) is -1.74. The molecule has 0 atom stereocenters. The second-order valence-corrected chi connectivity index (χ2v) is 9.64. The third kappa shape index (κ3) is 26.7. The molecule has 0 rings (SSSR count). The van der Waals surface area contributed by atoms with E-state index in [0.717, 1.165) is 37.8 Å². The van der Waals surface area contributed by atoms with Gasteiger partial charge in [-0.25, -0.2) is 9.59 Å². The zero-order valence-corrected chi connectivity index (χ0v) is 18.0. The SMILES string of the molecule is CCCCCCOC(=O)/C=C\C(=O)O.CCC[CH2][Sn][CH2]CCC. The predicted molar refractivity (Wildman–Crippen MR) is 97.1 cm³/mol. The predicted octanol–water partition coefficient (Wildman–Crippen LogP) is 4.88. The van der Waals surface area contributed by atoms with E-state index in [1.54, 1.807) is 8.87 Å². The van der Waals surface area contributed by atoms with Gasteiger partial charge in [0, 0.05) is 12.2 Å². The fourth-order valence-corrected chi connectivity index (χ4v) is 5.78. The van der Waals surface area contributed by atoms with Crippen LogP contribution in [-0.4, -0.2) is 44.8 Å². The van der Waals surface area contributed by atoms with E-state index in [9.17, 15) is 9.59 Å². The van der Waals surface area contributed by atoms with Crippen LogP contribution in [0.15, 0.2) is 12.2 Å². The van der Waals surface area contributed by atoms with Crippen molar-refractivity contribution in [1.82, 2.24) is 0 Å². The van der Waals surface area contributed by atoms with Gasteiger partial charge in [0.2, 0.25) is 0 Å². The maximum atomic E-state index is 10.8. The Balaban J connectivity index is 0. The molecule has 1 N–H and O–H groups in total. The van der Waals surface area contributed by atoms with E-state index >= 15 is 0 Å². The van der Waals surface area contributed by atoms with Gasteiger partial charge < -0.3 is 9.84 Å². The average molecular weight is 433 g/mol. The van der Waals surface area contributed by atoms with E-state index in [-0.39, 0.29) is 21.1 Å². The summed E-state index contributed by atoms with van der Waals surface area (Å²) < 4.78 is 8.00. The molecule has 0 aromatic heterocycles. The summed E-state index contributed by atoms with van der Waals surface area (Å²) >= 11 is 0.149. The van der Waals surface area contributed by atoms with Gasteiger partial charge in [-0.05, 0) is 6.42 Å². The zero-order valence-electron chi connectivity index (χ0n) is 15.1. The number of carbonyl (C=O) groups excluding carboxylic acids is 1. The summed E-state index contributed by atoms with van der Waals surface area (Å²) in [7, 11) is 0. The van der Waals surface area contributed by atoms with Crippen LogP contribution in [0.2, 0.25) is 8.87 Å². The van der Waals surface area contributed by atoms with Gasteiger partial charge in [-0.2, -0.15) is 0 Å². The van der Waals surface area contributed by atoms with Crippen molar-refractivity contribution in [2.75, 3.05) is 6.61 Å². The van der Waals surface area contributed by atoms with Gasteiger partial charge in [0.15, 0.2) is 0 Å². The summed E-state index contributed by atoms with van der Waals surface area (Å²) in [5.41, 5.74) is 0. The molecule has 5 heteroatoms. The van der Waals surface area contributed by atoms with E-state index in [4.69, 9.17) is 9.84 Å². The van der Waals surface area contributed by atoms with Crippen molar-refractivity contribution < 1.29 is 19.4 Å². The quantitative estimate of drug-likeness (QED) is 0.195. The fraction of sp³-hybridized carbons (Fsp3) is 0.778. The van der Waals surface area contributed by atoms with Gasteiger partial charge in [-0.1, -0.05) is 26.2 Å². The second-order valence-electron chi connectivity index (χ2n) is 5.36. The molecule has 0 aliphatic rings. The number of carboxylic acids is 1. The Morgan fingerprint density at radius 3 is 1.91 bits per heavy atom. The van der Waals surface area contributed by atoms with Crippen molar-refractivity contribution in [3.63, 3.8) is 0 Å². The minimum absolute atomic E-state index is 0.149. The summed E-state index contributed by atoms with van der Waals surface area (Å²) in [5, 5.41) is 8.21. The first-order valence-electron chi connectivity index (χ1n) is 8.86. The van der Waals surface area contributed by atoms with E-state index in [2.05, 4.69) is 20.8 Å². The van der Waals surface area contributed by atoms with Crippen molar-refractivity contribution in [1.29, 1.82) is 0 Å². The molecule has 0 spiro atoms. The van der Waals surface area contributed by atoms with Crippen LogP contribution >= 0.6 is 0 Å². The molecule has 0 aliphatic heterocycles. The average Bonchev–Trinajstić information content (AvgIpc) is 2.53. The van der Waals surface area contributed by atoms with Crippen molar-refractivity contribution >= 4 is 33.1 Å². The van der Waals surface area contributed by atoms with Crippen molar-refractivity contribution in [3.05, 3.63) is 12.2 Å². The summed E-state index contributed by atoms with van der Waals surface area (Å²) in [4.78, 5) is 20.8. The number of ether oxygens (including phenoxy) is 1. The first-order chi connectivity index (χ1) is 11.1. The number of unbranched alkanes of at least 4 members (excludes halogenated alkanes) is 5. The number of esters is 1. The Morgan fingerprint density at radius 2 is 1.43 bits per heavy atom. The molecular formula is C18H34O4Sn. The second kappa shape index (κ2) is 21.5. The van der Waals surface area contributed by atoms with Crippen molar-refractivity contribution in [2.45, 2.75) is 81.0 Å². The van der Waals surface area contributed by atoms with Crippen molar-refractivity contribution in [2.24, 2.45) is 0 Å². The number of rotatable bonds is 13. The minimum atomic E-state index is -1.15. The normalized spacial score (nSPS) is 10.2. The van der Waals surface area contributed by atoms with Crippen molar-refractivity contribution in [3.8, 4) is 0 Å². The molecular weight excluding hydrogens is 399 g/mol. The fourth-order valence-electron chi connectivity index (χ4n) is 1.62. The summed E-state index contributed by atoms with van der Waals surface area (Å²) in [6, 6.07) is 0. The molecule has 0 fully saturated rings. The maximum absolute atomic E-state index is 10.8. The van der Waals surface area contributed by atoms with E-state index < -0.39 is 11.9 Å². The van der Waals surface area contributed by atoms with Crippen LogP contribution in [0, 0.1) is 0 Å². The molecule has 0 amide bonds. The van der Waals surface area contributed by atoms with Crippen LogP contribution in [0.1, 0.15) is 72.1 Å². The number of aliphatic carboxylic acids is 1. The molecule has 0 bridgehead atoms. The Kier molecular flexibility index (Phi) is 23.1. The third-order valence-electron chi connectivity index (χ3n) is 3.02. The Labute approximate surface area is 152 Å². The topological polar surface area (TPSA) is 63.6 Å². The van der Waals surface area contributed by atoms with Crippen LogP contribution in [0.5, 0.6) is 0 Å². The van der Waals surface area contributed by atoms with Crippen LogP contribution in [0.4, 0.5) is 0 Å². The molecule has 23 heavy (non-hydrogen) atoms. The van der Waals surface area contributed by atoms with Crippen LogP contribution in [0.3, 0.4) is 0 Å². The summed E-state index contributed by atoms with van der Waals surface area (Å²) in [6.07, 6.45) is 11.7. The van der Waals surface area contributed by atoms with E-state index in [1.165, 1.54) is 25.7 Å². The van der Waals surface area contributed by atoms with Gasteiger partial charge >= 0.3 is 81.5 Å². The Hall–Kier alpha value is -0.521. The molecule has 0 unspecified atom stereocenters. The molecule has 134 valence electrons. The summed E-state index contributed by atoms with van der Waals surface area (Å²) in [6.45, 7) is 7.04. The van der Waals surface area contributed by atoms with Gasteiger partial charge in [-0.15, -0.1) is 0 Å². The first-order valence-corrected chi connectivity index (χ1v) is 12.9. The molecule has 0 aromatic carbocycles. The molecule has 2 radical (unpaired) electrons. The molecule has 4 nitrogen and oxygen atoms in total. The Morgan fingerprint density at radius 1 is 0.870 bits per heavy atom. The molecule has 0 heterocycles. The van der Waals surface area contributed by atoms with Crippen LogP contribution in [-0.2, 0) is 14.3 Å². The third-order valence-corrected chi connectivity index (χ3v) is 7.05. The standard InChI is InChI=1S/C10H16O4.2C4H9.Sn/c1-2-3-4-5-8-14-10(13)7-6-9(11)12;2*1-3-4-2;/h6-7H,2-5,8H2,1H3,(H,11,12);2*1,3-4H2,2H3;/b7-6-;;;. The number of carboxylic acid groups (broad SMARTS) is 1. The van der Waals surface area contributed by atoms with E-state index in [0.29, 0.717) is 6.61 Å². The molecule has 0 saturated carbocycles. The van der Waals surface area contributed by atoms with Crippen LogP contribution in [0.25, 0.3) is 0 Å². The molecule has 0 saturated heterocycles. The number of carbonyl (C=O) groups is 2. The molecule has 0 aromatic rings. The first kappa shape index (κ1) is 24.7. The van der Waals surface area contributed by atoms with Gasteiger partial charge in [-0.3, -0.25) is 0 Å². The van der Waals surface area contributed by atoms with Gasteiger partial charge in [0.1, 0.15) is 0 Å². The monoisotopic (exact) mass is 434 g/mol. The Bertz CT molecular complexity index is 297. The number of hydrogen-bond acceptors (Lipinski definition) is 3. The van der Waals surface area contributed by atoms with E-state index in [1.807, 2.05) is 0 Å².